The fourth-order valence-corrected chi connectivity index (χ4v) is 3.70. The second-order valence-corrected chi connectivity index (χ2v) is 6.84. The van der Waals surface area contributed by atoms with Crippen molar-refractivity contribution in [2.45, 2.75) is 38.1 Å². The van der Waals surface area contributed by atoms with E-state index in [9.17, 15) is 0 Å². The summed E-state index contributed by atoms with van der Waals surface area (Å²) < 4.78 is 1.85. The average Bonchev–Trinajstić information content (AvgIpc) is 3.16. The van der Waals surface area contributed by atoms with Gasteiger partial charge in [-0.3, -0.25) is 4.98 Å². The summed E-state index contributed by atoms with van der Waals surface area (Å²) in [5, 5.41) is 9.36. The van der Waals surface area contributed by atoms with E-state index >= 15 is 0 Å². The molecule has 1 N–H and O–H groups in total. The highest BCUT2D eigenvalue weighted by Gasteiger charge is 2.18. The standard InChI is InChI=1S/C20H20N6/c1-2-8-15(9-3-1)22-20-23-17-11-5-4-10-16(17)19-24-18(25-26(19)20)14-7-6-12-21-13-14/h4-7,10-13,15H,1-3,8-9H2,(H,22,23). The molecule has 0 spiro atoms. The van der Waals surface area contributed by atoms with Gasteiger partial charge in [0.05, 0.1) is 5.52 Å². The number of para-hydroxylation sites is 1. The molecule has 1 aliphatic carbocycles. The highest BCUT2D eigenvalue weighted by Crippen LogP contribution is 2.26. The number of nitrogens with zero attached hydrogens (tertiary/aromatic N) is 5. The Hall–Kier alpha value is -3.02. The Morgan fingerprint density at radius 3 is 2.69 bits per heavy atom. The molecule has 0 radical (unpaired) electrons. The number of hydrogen-bond acceptors (Lipinski definition) is 5. The summed E-state index contributed by atoms with van der Waals surface area (Å²) in [5.74, 6) is 1.44. The predicted octanol–water partition coefficient (Wildman–Crippen LogP) is 4.08. The van der Waals surface area contributed by atoms with Gasteiger partial charge in [0, 0.05) is 29.4 Å². The van der Waals surface area contributed by atoms with Crippen molar-refractivity contribution in [2.75, 3.05) is 5.32 Å². The minimum absolute atomic E-state index is 0.451. The van der Waals surface area contributed by atoms with Gasteiger partial charge in [-0.15, -0.1) is 5.10 Å². The number of pyridine rings is 1. The van der Waals surface area contributed by atoms with Crippen LogP contribution in [-0.2, 0) is 0 Å². The van der Waals surface area contributed by atoms with E-state index < -0.39 is 0 Å². The van der Waals surface area contributed by atoms with Crippen molar-refractivity contribution in [1.29, 1.82) is 0 Å². The Kier molecular flexibility index (Phi) is 3.74. The van der Waals surface area contributed by atoms with Gasteiger partial charge in [-0.05, 0) is 37.1 Å². The van der Waals surface area contributed by atoms with E-state index in [1.165, 1.54) is 32.1 Å². The molecule has 0 aliphatic heterocycles. The molecule has 26 heavy (non-hydrogen) atoms. The maximum Gasteiger partial charge on any atom is 0.226 e. The van der Waals surface area contributed by atoms with Gasteiger partial charge >= 0.3 is 0 Å². The molecule has 0 bridgehead atoms. The van der Waals surface area contributed by atoms with Gasteiger partial charge < -0.3 is 5.32 Å². The van der Waals surface area contributed by atoms with Crippen molar-refractivity contribution >= 4 is 22.5 Å². The molecule has 130 valence electrons. The van der Waals surface area contributed by atoms with Crippen LogP contribution in [-0.4, -0.2) is 30.6 Å². The number of fused-ring (bicyclic) bond motifs is 3. The number of nitrogens with one attached hydrogen (secondary N) is 1. The molecule has 3 aromatic heterocycles. The van der Waals surface area contributed by atoms with E-state index in [4.69, 9.17) is 15.1 Å². The van der Waals surface area contributed by atoms with Gasteiger partial charge in [0.1, 0.15) is 0 Å². The third-order valence-electron chi connectivity index (χ3n) is 5.04. The molecule has 6 heteroatoms. The summed E-state index contributed by atoms with van der Waals surface area (Å²) in [6, 6.07) is 12.4. The van der Waals surface area contributed by atoms with Gasteiger partial charge in [-0.25, -0.2) is 9.97 Å². The van der Waals surface area contributed by atoms with Crippen LogP contribution in [0.5, 0.6) is 0 Å². The molecular formula is C20H20N6. The normalized spacial score (nSPS) is 15.5. The Morgan fingerprint density at radius 1 is 0.962 bits per heavy atom. The van der Waals surface area contributed by atoms with E-state index in [2.05, 4.69) is 10.3 Å². The van der Waals surface area contributed by atoms with E-state index in [-0.39, 0.29) is 0 Å². The summed E-state index contributed by atoms with van der Waals surface area (Å²) in [6.45, 7) is 0. The Morgan fingerprint density at radius 2 is 1.85 bits per heavy atom. The third kappa shape index (κ3) is 2.67. The summed E-state index contributed by atoms with van der Waals surface area (Å²) in [4.78, 5) is 13.8. The molecule has 1 aliphatic rings. The smallest absolute Gasteiger partial charge is 0.226 e. The monoisotopic (exact) mass is 344 g/mol. The largest absolute Gasteiger partial charge is 0.351 e. The van der Waals surface area contributed by atoms with E-state index in [0.717, 1.165) is 28.1 Å². The van der Waals surface area contributed by atoms with Crippen LogP contribution >= 0.6 is 0 Å². The highest BCUT2D eigenvalue weighted by molar-refractivity contribution is 5.92. The van der Waals surface area contributed by atoms with E-state index in [1.54, 1.807) is 12.4 Å². The number of aromatic nitrogens is 5. The van der Waals surface area contributed by atoms with Crippen LogP contribution in [0, 0.1) is 0 Å². The first-order chi connectivity index (χ1) is 12.9. The molecule has 4 aromatic rings. The molecule has 0 atom stereocenters. The van der Waals surface area contributed by atoms with Crippen LogP contribution in [0.3, 0.4) is 0 Å². The van der Waals surface area contributed by atoms with Gasteiger partial charge in [0.25, 0.3) is 0 Å². The molecule has 1 fully saturated rings. The number of benzene rings is 1. The Balaban J connectivity index is 1.68. The van der Waals surface area contributed by atoms with Crippen LogP contribution in [0.1, 0.15) is 32.1 Å². The molecule has 0 unspecified atom stereocenters. The summed E-state index contributed by atoms with van der Waals surface area (Å²) in [5.41, 5.74) is 2.67. The molecule has 0 amide bonds. The first-order valence-corrected chi connectivity index (χ1v) is 9.21. The van der Waals surface area contributed by atoms with Crippen LogP contribution in [0.15, 0.2) is 48.8 Å². The minimum Gasteiger partial charge on any atom is -0.351 e. The van der Waals surface area contributed by atoms with Crippen LogP contribution in [0.4, 0.5) is 5.95 Å². The lowest BCUT2D eigenvalue weighted by Gasteiger charge is -2.23. The summed E-state index contributed by atoms with van der Waals surface area (Å²) >= 11 is 0. The lowest BCUT2D eigenvalue weighted by molar-refractivity contribution is 0.460. The van der Waals surface area contributed by atoms with E-state index in [1.807, 2.05) is 40.9 Å². The van der Waals surface area contributed by atoms with Crippen molar-refractivity contribution in [1.82, 2.24) is 24.6 Å². The molecule has 5 rings (SSSR count). The van der Waals surface area contributed by atoms with Crippen molar-refractivity contribution in [3.63, 3.8) is 0 Å². The zero-order chi connectivity index (χ0) is 17.3. The maximum absolute atomic E-state index is 4.84. The van der Waals surface area contributed by atoms with Crippen molar-refractivity contribution in [3.05, 3.63) is 48.8 Å². The SMILES string of the molecule is c1cncc(-c2nc3c4ccccc4nc(NC4CCCCC4)n3n2)c1. The van der Waals surface area contributed by atoms with Gasteiger partial charge in [0.15, 0.2) is 11.5 Å². The first kappa shape index (κ1) is 15.3. The molecule has 6 nitrogen and oxygen atoms in total. The first-order valence-electron chi connectivity index (χ1n) is 9.21. The van der Waals surface area contributed by atoms with Crippen molar-refractivity contribution in [3.8, 4) is 11.4 Å². The number of rotatable bonds is 3. The quantitative estimate of drug-likeness (QED) is 0.606. The molecule has 3 heterocycles. The minimum atomic E-state index is 0.451. The van der Waals surface area contributed by atoms with Crippen molar-refractivity contribution < 1.29 is 0 Å². The van der Waals surface area contributed by atoms with Crippen LogP contribution in [0.2, 0.25) is 0 Å². The summed E-state index contributed by atoms with van der Waals surface area (Å²) in [6.07, 6.45) is 9.78. The molecule has 0 saturated heterocycles. The fraction of sp³-hybridized carbons (Fsp3) is 0.300. The fourth-order valence-electron chi connectivity index (χ4n) is 3.70. The van der Waals surface area contributed by atoms with Gasteiger partial charge in [0.2, 0.25) is 5.95 Å². The average molecular weight is 344 g/mol. The number of anilines is 1. The Bertz CT molecular complexity index is 1050. The van der Waals surface area contributed by atoms with Crippen LogP contribution < -0.4 is 5.32 Å². The predicted molar refractivity (Wildman–Crippen MR) is 102 cm³/mol. The lowest BCUT2D eigenvalue weighted by Crippen LogP contribution is -2.24. The zero-order valence-electron chi connectivity index (χ0n) is 14.5. The second-order valence-electron chi connectivity index (χ2n) is 6.84. The van der Waals surface area contributed by atoms with Crippen LogP contribution in [0.25, 0.3) is 27.9 Å². The number of hydrogen-bond donors (Lipinski definition) is 1. The lowest BCUT2D eigenvalue weighted by atomic mass is 9.96. The van der Waals surface area contributed by atoms with Gasteiger partial charge in [-0.2, -0.15) is 4.52 Å². The molecule has 1 saturated carbocycles. The Labute approximate surface area is 151 Å². The second kappa shape index (κ2) is 6.37. The summed E-state index contributed by atoms with van der Waals surface area (Å²) in [7, 11) is 0. The van der Waals surface area contributed by atoms with E-state index in [0.29, 0.717) is 11.9 Å². The topological polar surface area (TPSA) is 68.0 Å². The third-order valence-corrected chi connectivity index (χ3v) is 5.04. The molecule has 1 aromatic carbocycles. The highest BCUT2D eigenvalue weighted by atomic mass is 15.4. The molecular weight excluding hydrogens is 324 g/mol. The maximum atomic E-state index is 4.84. The van der Waals surface area contributed by atoms with Crippen molar-refractivity contribution in [2.24, 2.45) is 0 Å². The zero-order valence-corrected chi connectivity index (χ0v) is 14.5. The van der Waals surface area contributed by atoms with Gasteiger partial charge in [-0.1, -0.05) is 31.4 Å².